The highest BCUT2D eigenvalue weighted by Gasteiger charge is 2.23. The van der Waals surface area contributed by atoms with Crippen molar-refractivity contribution in [3.05, 3.63) is 53.7 Å². The highest BCUT2D eigenvalue weighted by molar-refractivity contribution is 7.91. The number of sulfone groups is 1. The summed E-state index contributed by atoms with van der Waals surface area (Å²) in [5, 5.41) is 4.43. The lowest BCUT2D eigenvalue weighted by Crippen LogP contribution is -2.43. The number of rotatable bonds is 3. The van der Waals surface area contributed by atoms with Crippen LogP contribution in [-0.4, -0.2) is 39.6 Å². The third kappa shape index (κ3) is 3.01. The van der Waals surface area contributed by atoms with Crippen LogP contribution in [0.1, 0.15) is 0 Å². The maximum Gasteiger partial charge on any atom is 0.208 e. The van der Waals surface area contributed by atoms with E-state index in [1.165, 1.54) is 6.07 Å². The Labute approximate surface area is 151 Å². The number of halogens is 1. The number of aromatic amines is 1. The Morgan fingerprint density at radius 2 is 1.84 bits per heavy atom. The van der Waals surface area contributed by atoms with E-state index in [0.29, 0.717) is 10.4 Å². The molecule has 3 aromatic rings. The van der Waals surface area contributed by atoms with Crippen molar-refractivity contribution in [3.63, 3.8) is 0 Å². The van der Waals surface area contributed by atoms with Gasteiger partial charge in [0, 0.05) is 54.0 Å². The van der Waals surface area contributed by atoms with E-state index in [0.717, 1.165) is 37.4 Å². The summed E-state index contributed by atoms with van der Waals surface area (Å²) in [6.45, 7) is 3.68. The monoisotopic (exact) mass is 375 g/mol. The van der Waals surface area contributed by atoms with Gasteiger partial charge in [0.1, 0.15) is 0 Å². The van der Waals surface area contributed by atoms with Gasteiger partial charge >= 0.3 is 0 Å². The maximum absolute atomic E-state index is 13.0. The van der Waals surface area contributed by atoms with E-state index >= 15 is 0 Å². The van der Waals surface area contributed by atoms with Crippen molar-refractivity contribution < 1.29 is 8.42 Å². The zero-order valence-corrected chi connectivity index (χ0v) is 15.1. The van der Waals surface area contributed by atoms with Gasteiger partial charge in [-0.2, -0.15) is 0 Å². The van der Waals surface area contributed by atoms with Gasteiger partial charge in [-0.25, -0.2) is 8.42 Å². The van der Waals surface area contributed by atoms with Crippen LogP contribution >= 0.6 is 11.6 Å². The van der Waals surface area contributed by atoms with E-state index in [1.807, 2.05) is 18.2 Å². The summed E-state index contributed by atoms with van der Waals surface area (Å²) < 4.78 is 26.1. The number of hydrogen-bond donors (Lipinski definition) is 2. The Kier molecular flexibility index (Phi) is 4.19. The predicted octanol–water partition coefficient (Wildman–Crippen LogP) is 3.06. The summed E-state index contributed by atoms with van der Waals surface area (Å²) in [7, 11) is -3.64. The number of piperazine rings is 1. The van der Waals surface area contributed by atoms with Crippen molar-refractivity contribution in [2.75, 3.05) is 31.1 Å². The standard InChI is InChI=1S/C18H18ClN3O2S/c19-13-2-1-3-15(10-13)25(23,24)18-12-21-17-5-4-14(11-16(17)18)22-8-6-20-7-9-22/h1-5,10-12,20-21H,6-9H2. The van der Waals surface area contributed by atoms with Crippen LogP contribution in [-0.2, 0) is 9.84 Å². The van der Waals surface area contributed by atoms with E-state index in [2.05, 4.69) is 15.2 Å². The fourth-order valence-corrected chi connectivity index (χ4v) is 4.91. The highest BCUT2D eigenvalue weighted by Crippen LogP contribution is 2.32. The quantitative estimate of drug-likeness (QED) is 0.738. The van der Waals surface area contributed by atoms with E-state index in [4.69, 9.17) is 11.6 Å². The van der Waals surface area contributed by atoms with Crippen LogP contribution in [0.15, 0.2) is 58.5 Å². The second kappa shape index (κ2) is 6.37. The minimum absolute atomic E-state index is 0.202. The van der Waals surface area contributed by atoms with Crippen LogP contribution in [0.2, 0.25) is 5.02 Å². The van der Waals surface area contributed by atoms with Crippen molar-refractivity contribution in [1.29, 1.82) is 0 Å². The molecule has 1 fully saturated rings. The number of hydrogen-bond acceptors (Lipinski definition) is 4. The molecular formula is C18H18ClN3O2S. The molecule has 0 unspecified atom stereocenters. The molecule has 0 bridgehead atoms. The number of nitrogens with one attached hydrogen (secondary N) is 2. The SMILES string of the molecule is O=S(=O)(c1cccc(Cl)c1)c1c[nH]c2ccc(N3CCNCC3)cc12. The van der Waals surface area contributed by atoms with Crippen LogP contribution < -0.4 is 10.2 Å². The Morgan fingerprint density at radius 3 is 2.60 bits per heavy atom. The van der Waals surface area contributed by atoms with E-state index < -0.39 is 9.84 Å². The van der Waals surface area contributed by atoms with Gasteiger partial charge in [-0.15, -0.1) is 0 Å². The second-order valence-corrected chi connectivity index (χ2v) is 8.44. The van der Waals surface area contributed by atoms with Crippen LogP contribution in [0.3, 0.4) is 0 Å². The summed E-state index contributed by atoms with van der Waals surface area (Å²) in [6, 6.07) is 12.3. The number of nitrogens with zero attached hydrogens (tertiary/aromatic N) is 1. The Bertz CT molecular complexity index is 1020. The van der Waals surface area contributed by atoms with Gasteiger partial charge in [0.15, 0.2) is 0 Å². The third-order valence-corrected chi connectivity index (χ3v) is 6.53. The summed E-state index contributed by atoms with van der Waals surface area (Å²) >= 11 is 5.97. The first kappa shape index (κ1) is 16.4. The van der Waals surface area contributed by atoms with Gasteiger partial charge in [0.05, 0.1) is 9.79 Å². The third-order valence-electron chi connectivity index (χ3n) is 4.51. The molecule has 4 rings (SSSR count). The summed E-state index contributed by atoms with van der Waals surface area (Å²) in [5.74, 6) is 0. The largest absolute Gasteiger partial charge is 0.369 e. The molecule has 130 valence electrons. The molecule has 0 aliphatic carbocycles. The summed E-state index contributed by atoms with van der Waals surface area (Å²) in [5.41, 5.74) is 1.84. The second-order valence-electron chi connectivity index (χ2n) is 6.08. The van der Waals surface area contributed by atoms with E-state index in [9.17, 15) is 8.42 Å². The molecule has 1 aliphatic rings. The minimum Gasteiger partial charge on any atom is -0.369 e. The van der Waals surface area contributed by atoms with Gasteiger partial charge in [-0.3, -0.25) is 0 Å². The molecular weight excluding hydrogens is 358 g/mol. The summed E-state index contributed by atoms with van der Waals surface area (Å²) in [6.07, 6.45) is 1.56. The number of benzene rings is 2. The molecule has 0 amide bonds. The first-order chi connectivity index (χ1) is 12.1. The molecule has 0 spiro atoms. The van der Waals surface area contributed by atoms with Crippen molar-refractivity contribution in [1.82, 2.24) is 10.3 Å². The van der Waals surface area contributed by atoms with Crippen molar-refractivity contribution in [2.24, 2.45) is 0 Å². The Balaban J connectivity index is 1.82. The molecule has 25 heavy (non-hydrogen) atoms. The normalized spacial score (nSPS) is 15.6. The fraction of sp³-hybridized carbons (Fsp3) is 0.222. The average molecular weight is 376 g/mol. The molecule has 0 saturated carbocycles. The molecule has 5 nitrogen and oxygen atoms in total. The first-order valence-electron chi connectivity index (χ1n) is 8.13. The Hall–Kier alpha value is -2.02. The highest BCUT2D eigenvalue weighted by atomic mass is 35.5. The number of fused-ring (bicyclic) bond motifs is 1. The lowest BCUT2D eigenvalue weighted by molar-refractivity contribution is 0.589. The Morgan fingerprint density at radius 1 is 1.04 bits per heavy atom. The predicted molar refractivity (Wildman–Crippen MR) is 100 cm³/mol. The van der Waals surface area contributed by atoms with Crippen molar-refractivity contribution in [2.45, 2.75) is 9.79 Å². The van der Waals surface area contributed by atoms with Crippen LogP contribution in [0.4, 0.5) is 5.69 Å². The van der Waals surface area contributed by atoms with Gasteiger partial charge in [0.25, 0.3) is 0 Å². The average Bonchev–Trinajstić information content (AvgIpc) is 3.06. The van der Waals surface area contributed by atoms with Gasteiger partial charge < -0.3 is 15.2 Å². The van der Waals surface area contributed by atoms with Crippen LogP contribution in [0.25, 0.3) is 10.9 Å². The topological polar surface area (TPSA) is 65.2 Å². The fourth-order valence-electron chi connectivity index (χ4n) is 3.19. The number of anilines is 1. The lowest BCUT2D eigenvalue weighted by Gasteiger charge is -2.29. The molecule has 1 saturated heterocycles. The van der Waals surface area contributed by atoms with Crippen LogP contribution in [0.5, 0.6) is 0 Å². The van der Waals surface area contributed by atoms with Gasteiger partial charge in [-0.1, -0.05) is 17.7 Å². The molecule has 7 heteroatoms. The molecule has 1 aliphatic heterocycles. The molecule has 1 aromatic heterocycles. The van der Waals surface area contributed by atoms with Gasteiger partial charge in [-0.05, 0) is 36.4 Å². The molecule has 2 aromatic carbocycles. The first-order valence-corrected chi connectivity index (χ1v) is 9.99. The van der Waals surface area contributed by atoms with Crippen molar-refractivity contribution in [3.8, 4) is 0 Å². The molecule has 2 N–H and O–H groups in total. The lowest BCUT2D eigenvalue weighted by atomic mass is 10.2. The zero-order valence-electron chi connectivity index (χ0n) is 13.5. The maximum atomic E-state index is 13.0. The van der Waals surface area contributed by atoms with Crippen molar-refractivity contribution >= 4 is 38.0 Å². The smallest absolute Gasteiger partial charge is 0.208 e. The van der Waals surface area contributed by atoms with E-state index in [1.54, 1.807) is 24.4 Å². The zero-order chi connectivity index (χ0) is 17.4. The molecule has 2 heterocycles. The summed E-state index contributed by atoms with van der Waals surface area (Å²) in [4.78, 5) is 5.81. The molecule has 0 atom stereocenters. The van der Waals surface area contributed by atoms with Gasteiger partial charge in [0.2, 0.25) is 9.84 Å². The van der Waals surface area contributed by atoms with Crippen LogP contribution in [0, 0.1) is 0 Å². The number of aromatic nitrogens is 1. The van der Waals surface area contributed by atoms with E-state index in [-0.39, 0.29) is 9.79 Å². The minimum atomic E-state index is -3.64. The number of H-pyrrole nitrogens is 1. The molecule has 0 radical (unpaired) electrons.